The number of nitrogens with zero attached hydrogens (tertiary/aromatic N) is 2. The van der Waals surface area contributed by atoms with Crippen LogP contribution in [0.25, 0.3) is 22.5 Å². The highest BCUT2D eigenvalue weighted by Crippen LogP contribution is 2.44. The smallest absolute Gasteiger partial charge is 0.129 e. The van der Waals surface area contributed by atoms with Crippen molar-refractivity contribution in [3.8, 4) is 34.0 Å². The molecule has 5 rings (SSSR count). The summed E-state index contributed by atoms with van der Waals surface area (Å²) in [5, 5.41) is 24.0. The zero-order valence-corrected chi connectivity index (χ0v) is 30.0. The van der Waals surface area contributed by atoms with Gasteiger partial charge in [0.1, 0.15) is 11.5 Å². The molecule has 2 aromatic heterocycles. The molecule has 0 spiro atoms. The van der Waals surface area contributed by atoms with Crippen molar-refractivity contribution in [1.29, 1.82) is 0 Å². The molecule has 2 N–H and O–H groups in total. The van der Waals surface area contributed by atoms with Crippen LogP contribution in [0.15, 0.2) is 73.1 Å². The molecule has 2 aromatic carbocycles. The molecule has 244 valence electrons. The average Bonchev–Trinajstić information content (AvgIpc) is 3.01. The Labute approximate surface area is 284 Å². The minimum absolute atomic E-state index is 0.0486. The van der Waals surface area contributed by atoms with Gasteiger partial charge in [0.05, 0.1) is 11.4 Å². The van der Waals surface area contributed by atoms with Crippen molar-refractivity contribution in [3.05, 3.63) is 95.3 Å². The first-order valence-electron chi connectivity index (χ1n) is 16.7. The first-order chi connectivity index (χ1) is 21.9. The minimum Gasteiger partial charge on any atom is -0.507 e. The minimum atomic E-state index is -0.0486. The van der Waals surface area contributed by atoms with Gasteiger partial charge in [-0.05, 0) is 71.2 Å². The van der Waals surface area contributed by atoms with Crippen molar-refractivity contribution < 1.29 is 10.2 Å². The summed E-state index contributed by atoms with van der Waals surface area (Å²) in [5.41, 5.74) is 7.53. The third-order valence-corrected chi connectivity index (χ3v) is 12.2. The Bertz CT molecular complexity index is 1470. The molecule has 0 bridgehead atoms. The topological polar surface area (TPSA) is 66.2 Å². The van der Waals surface area contributed by atoms with Crippen LogP contribution in [0.4, 0.5) is 0 Å². The summed E-state index contributed by atoms with van der Waals surface area (Å²) >= 11 is 3.98. The van der Waals surface area contributed by atoms with E-state index in [1.165, 1.54) is 49.7 Å². The number of aromatic hydroxyl groups is 2. The number of hydrogen-bond acceptors (Lipinski definition) is 6. The molecule has 2 atom stereocenters. The Morgan fingerprint density at radius 2 is 1.02 bits per heavy atom. The van der Waals surface area contributed by atoms with E-state index in [2.05, 4.69) is 75.8 Å². The Kier molecular flexibility index (Phi) is 11.1. The molecule has 2 unspecified atom stereocenters. The summed E-state index contributed by atoms with van der Waals surface area (Å²) < 4.78 is 0. The lowest BCUT2D eigenvalue weighted by molar-refractivity contribution is 0.470. The van der Waals surface area contributed by atoms with E-state index in [0.29, 0.717) is 22.0 Å². The summed E-state index contributed by atoms with van der Waals surface area (Å²) in [6.07, 6.45) is 10.9. The molecule has 0 aliphatic heterocycles. The van der Waals surface area contributed by atoms with Crippen molar-refractivity contribution in [2.24, 2.45) is 0 Å². The van der Waals surface area contributed by atoms with Gasteiger partial charge in [-0.1, -0.05) is 91.5 Å². The second-order valence-corrected chi connectivity index (χ2v) is 17.1. The molecular formula is C40H50N2O2S2. The van der Waals surface area contributed by atoms with E-state index in [4.69, 9.17) is 0 Å². The quantitative estimate of drug-likeness (QED) is 0.197. The van der Waals surface area contributed by atoms with Gasteiger partial charge in [0.2, 0.25) is 0 Å². The zero-order chi connectivity index (χ0) is 32.9. The normalized spacial score (nSPS) is 17.8. The monoisotopic (exact) mass is 654 g/mol. The molecular weight excluding hydrogens is 605 g/mol. The fraction of sp³-hybridized carbons (Fsp3) is 0.450. The molecule has 0 saturated heterocycles. The van der Waals surface area contributed by atoms with E-state index in [0.717, 1.165) is 45.1 Å². The van der Waals surface area contributed by atoms with E-state index in [-0.39, 0.29) is 10.8 Å². The van der Waals surface area contributed by atoms with Crippen LogP contribution >= 0.6 is 23.5 Å². The molecule has 2 heterocycles. The van der Waals surface area contributed by atoms with E-state index < -0.39 is 0 Å². The Balaban J connectivity index is 1.41. The molecule has 1 fully saturated rings. The Morgan fingerprint density at radius 3 is 1.37 bits per heavy atom. The number of rotatable bonds is 8. The van der Waals surface area contributed by atoms with Crippen LogP contribution in [-0.4, -0.2) is 30.7 Å². The number of phenolic OH excluding ortho intramolecular Hbond substituents is 2. The van der Waals surface area contributed by atoms with Gasteiger partial charge in [-0.3, -0.25) is 9.97 Å². The molecule has 4 aromatic rings. The Morgan fingerprint density at radius 1 is 0.609 bits per heavy atom. The molecule has 1 aliphatic rings. The maximum absolute atomic E-state index is 11.5. The van der Waals surface area contributed by atoms with E-state index >= 15 is 0 Å². The van der Waals surface area contributed by atoms with E-state index in [1.54, 1.807) is 12.4 Å². The lowest BCUT2D eigenvalue weighted by Gasteiger charge is -2.30. The summed E-state index contributed by atoms with van der Waals surface area (Å²) in [6, 6.07) is 20.4. The number of phenols is 2. The third kappa shape index (κ3) is 8.49. The van der Waals surface area contributed by atoms with Gasteiger partial charge in [0, 0.05) is 56.7 Å². The van der Waals surface area contributed by atoms with Crippen LogP contribution in [0.3, 0.4) is 0 Å². The largest absolute Gasteiger partial charge is 0.507 e. The van der Waals surface area contributed by atoms with Crippen molar-refractivity contribution in [3.63, 3.8) is 0 Å². The van der Waals surface area contributed by atoms with Crippen molar-refractivity contribution in [2.45, 2.75) is 113 Å². The highest BCUT2D eigenvalue weighted by molar-refractivity contribution is 8.03. The molecule has 1 saturated carbocycles. The number of hydrogen-bond donors (Lipinski definition) is 2. The van der Waals surface area contributed by atoms with Gasteiger partial charge in [0.25, 0.3) is 0 Å². The van der Waals surface area contributed by atoms with Gasteiger partial charge < -0.3 is 10.2 Å². The van der Waals surface area contributed by atoms with Gasteiger partial charge in [-0.15, -0.1) is 0 Å². The zero-order valence-electron chi connectivity index (χ0n) is 28.3. The van der Waals surface area contributed by atoms with Crippen LogP contribution in [0.2, 0.25) is 0 Å². The molecule has 6 heteroatoms. The summed E-state index contributed by atoms with van der Waals surface area (Å²) in [6.45, 7) is 13.4. The first-order valence-corrected chi connectivity index (χ1v) is 18.8. The highest BCUT2D eigenvalue weighted by atomic mass is 32.2. The van der Waals surface area contributed by atoms with Gasteiger partial charge >= 0.3 is 0 Å². The number of pyridine rings is 2. The van der Waals surface area contributed by atoms with E-state index in [1.807, 2.05) is 59.9 Å². The molecule has 1 aliphatic carbocycles. The van der Waals surface area contributed by atoms with Crippen LogP contribution in [0.1, 0.15) is 102 Å². The van der Waals surface area contributed by atoms with Gasteiger partial charge in [-0.2, -0.15) is 23.5 Å². The third-order valence-electron chi connectivity index (χ3n) is 9.04. The lowest BCUT2D eigenvalue weighted by Crippen LogP contribution is -2.22. The lowest BCUT2D eigenvalue weighted by atomic mass is 9.84. The second-order valence-electron chi connectivity index (χ2n) is 14.7. The van der Waals surface area contributed by atoms with Crippen LogP contribution in [0.5, 0.6) is 11.5 Å². The average molecular weight is 655 g/mol. The SMILES string of the molecule is CC(C)(C)c1cc(CSC2CCCCCCC2SCc2cc(C(C)(C)C)cc(-c3ccccn3)c2O)c(O)c(-c2ccccn2)c1. The van der Waals surface area contributed by atoms with Crippen LogP contribution < -0.4 is 0 Å². The maximum Gasteiger partial charge on any atom is 0.129 e. The predicted octanol–water partition coefficient (Wildman–Crippen LogP) is 11.1. The maximum atomic E-state index is 11.5. The number of thioether (sulfide) groups is 2. The fourth-order valence-electron chi connectivity index (χ4n) is 6.10. The van der Waals surface area contributed by atoms with E-state index in [9.17, 15) is 10.2 Å². The summed E-state index contributed by atoms with van der Waals surface area (Å²) in [5.74, 6) is 2.21. The molecule has 46 heavy (non-hydrogen) atoms. The van der Waals surface area contributed by atoms with Crippen LogP contribution in [-0.2, 0) is 22.3 Å². The van der Waals surface area contributed by atoms with Crippen molar-refractivity contribution in [1.82, 2.24) is 9.97 Å². The fourth-order valence-corrected chi connectivity index (χ4v) is 9.17. The molecule has 0 amide bonds. The van der Waals surface area contributed by atoms with Gasteiger partial charge in [0.15, 0.2) is 0 Å². The first kappa shape index (κ1) is 34.4. The van der Waals surface area contributed by atoms with Gasteiger partial charge in [-0.25, -0.2) is 0 Å². The second kappa shape index (κ2) is 14.9. The molecule has 0 radical (unpaired) electrons. The summed E-state index contributed by atoms with van der Waals surface area (Å²) in [4.78, 5) is 9.14. The number of benzene rings is 2. The number of aromatic nitrogens is 2. The Hall–Kier alpha value is -2.96. The molecule has 4 nitrogen and oxygen atoms in total. The van der Waals surface area contributed by atoms with Crippen molar-refractivity contribution in [2.75, 3.05) is 0 Å². The highest BCUT2D eigenvalue weighted by Gasteiger charge is 2.27. The van der Waals surface area contributed by atoms with Crippen LogP contribution in [0, 0.1) is 0 Å². The predicted molar refractivity (Wildman–Crippen MR) is 198 cm³/mol. The standard InChI is InChI=1S/C40H50N2O2S2/c1-39(2,3)29-21-27(37(43)31(23-29)33-15-11-13-19-41-33)25-45-35-17-9-7-8-10-18-36(35)46-26-28-22-30(40(4,5)6)24-32(38(28)44)34-16-12-14-20-42-34/h11-16,19-24,35-36,43-44H,7-10,17-18,25-26H2,1-6H3. The summed E-state index contributed by atoms with van der Waals surface area (Å²) in [7, 11) is 0. The van der Waals surface area contributed by atoms with Crippen molar-refractivity contribution >= 4 is 23.5 Å².